The summed E-state index contributed by atoms with van der Waals surface area (Å²) >= 11 is 0. The molecule has 0 amide bonds. The predicted molar refractivity (Wildman–Crippen MR) is 272 cm³/mol. The normalized spacial score (nSPS) is 13.1. The van der Waals surface area contributed by atoms with E-state index in [4.69, 9.17) is 9.15 Å². The minimum absolute atomic E-state index is 0.631. The molecule has 0 radical (unpaired) electrons. The largest absolute Gasteiger partial charge is 0.456 e. The summed E-state index contributed by atoms with van der Waals surface area (Å²) in [6.45, 7) is 0. The minimum atomic E-state index is -0.631. The van der Waals surface area contributed by atoms with Gasteiger partial charge in [0, 0.05) is 38.5 Å². The second-order valence-corrected chi connectivity index (χ2v) is 17.5. The number of ether oxygens (including phenoxy) is 1. The van der Waals surface area contributed by atoms with Crippen LogP contribution >= 0.6 is 0 Å². The van der Waals surface area contributed by atoms with E-state index in [1.807, 2.05) is 0 Å². The average Bonchev–Trinajstić information content (AvgIpc) is 3.91. The second kappa shape index (κ2) is 14.2. The Bertz CT molecular complexity index is 3840. The highest BCUT2D eigenvalue weighted by molar-refractivity contribution is 6.15. The van der Waals surface area contributed by atoms with Gasteiger partial charge in [-0.05, 0) is 92.2 Å². The Labute approximate surface area is 382 Å². The zero-order chi connectivity index (χ0) is 43.3. The molecule has 0 N–H and O–H groups in total. The van der Waals surface area contributed by atoms with Crippen LogP contribution in [-0.2, 0) is 5.41 Å². The van der Waals surface area contributed by atoms with E-state index in [2.05, 4.69) is 241 Å². The van der Waals surface area contributed by atoms with Crippen LogP contribution in [0.2, 0.25) is 0 Å². The molecule has 0 fully saturated rings. The molecule has 1 aliphatic heterocycles. The molecule has 0 atom stereocenters. The minimum Gasteiger partial charge on any atom is -0.456 e. The Morgan fingerprint density at radius 1 is 0.348 bits per heavy atom. The Balaban J connectivity index is 0.994. The number of para-hydroxylation sites is 2. The maximum absolute atomic E-state index is 7.21. The molecule has 2 heterocycles. The quantitative estimate of drug-likeness (QED) is 0.173. The summed E-state index contributed by atoms with van der Waals surface area (Å²) in [5.74, 6) is 1.83. The van der Waals surface area contributed by atoms with Gasteiger partial charge in [0.15, 0.2) is 0 Å². The molecule has 308 valence electrons. The van der Waals surface area contributed by atoms with Crippen LogP contribution in [0.1, 0.15) is 22.3 Å². The van der Waals surface area contributed by atoms with Gasteiger partial charge in [-0.15, -0.1) is 0 Å². The summed E-state index contributed by atoms with van der Waals surface area (Å²) in [4.78, 5) is 2.38. The zero-order valence-corrected chi connectivity index (χ0v) is 35.8. The maximum Gasteiger partial charge on any atom is 0.140 e. The van der Waals surface area contributed by atoms with E-state index in [-0.39, 0.29) is 0 Å². The smallest absolute Gasteiger partial charge is 0.140 e. The summed E-state index contributed by atoms with van der Waals surface area (Å²) < 4.78 is 14.1. The van der Waals surface area contributed by atoms with E-state index < -0.39 is 5.41 Å². The molecule has 14 rings (SSSR count). The number of furan rings is 1. The maximum atomic E-state index is 7.21. The lowest BCUT2D eigenvalue weighted by molar-refractivity contribution is 0.447. The molecule has 0 unspecified atom stereocenters. The summed E-state index contributed by atoms with van der Waals surface area (Å²) in [5.41, 5.74) is 16.2. The van der Waals surface area contributed by atoms with Crippen molar-refractivity contribution in [3.8, 4) is 44.9 Å². The zero-order valence-electron chi connectivity index (χ0n) is 35.8. The second-order valence-electron chi connectivity index (χ2n) is 17.5. The van der Waals surface area contributed by atoms with Gasteiger partial charge in [-0.1, -0.05) is 194 Å². The van der Waals surface area contributed by atoms with Gasteiger partial charge >= 0.3 is 0 Å². The van der Waals surface area contributed by atoms with Crippen molar-refractivity contribution < 1.29 is 9.15 Å². The number of fused-ring (bicyclic) bond motifs is 16. The van der Waals surface area contributed by atoms with Crippen molar-refractivity contribution in [1.29, 1.82) is 0 Å². The van der Waals surface area contributed by atoms with Crippen LogP contribution in [0.3, 0.4) is 0 Å². The van der Waals surface area contributed by atoms with E-state index in [1.54, 1.807) is 0 Å². The molecule has 12 aromatic rings. The predicted octanol–water partition coefficient (Wildman–Crippen LogP) is 17.2. The third-order valence-electron chi connectivity index (χ3n) is 14.1. The molecular weight excluding hydrogens is 803 g/mol. The fourth-order valence-electron chi connectivity index (χ4n) is 11.4. The Hall–Kier alpha value is -8.66. The van der Waals surface area contributed by atoms with Gasteiger partial charge in [0.2, 0.25) is 0 Å². The Morgan fingerprint density at radius 3 is 1.70 bits per heavy atom. The molecule has 3 heteroatoms. The highest BCUT2D eigenvalue weighted by Crippen LogP contribution is 2.65. The third-order valence-corrected chi connectivity index (χ3v) is 14.1. The number of nitrogens with zero attached hydrogens (tertiary/aromatic N) is 1. The van der Waals surface area contributed by atoms with Gasteiger partial charge in [0.1, 0.15) is 22.7 Å². The number of hydrogen-bond donors (Lipinski definition) is 0. The number of benzene rings is 11. The van der Waals surface area contributed by atoms with Crippen LogP contribution in [0.25, 0.3) is 76.9 Å². The SMILES string of the molecule is c1ccc(-c2ccccc2N(c2ccccc2)c2cccc3oc4cc(-c5cccc6c5-c5ccccc5C65c6ccc7ccccc7c6Oc6c5ccc5ccccc65)ccc4c23)cc1. The Morgan fingerprint density at radius 2 is 0.939 bits per heavy atom. The lowest BCUT2D eigenvalue weighted by Gasteiger charge is -2.40. The highest BCUT2D eigenvalue weighted by atomic mass is 16.5. The summed E-state index contributed by atoms with van der Waals surface area (Å²) in [5, 5.41) is 6.68. The fourth-order valence-corrected chi connectivity index (χ4v) is 11.4. The van der Waals surface area contributed by atoms with E-state index in [1.165, 1.54) is 27.8 Å². The van der Waals surface area contributed by atoms with Crippen molar-refractivity contribution in [2.45, 2.75) is 5.41 Å². The number of anilines is 3. The topological polar surface area (TPSA) is 25.6 Å². The van der Waals surface area contributed by atoms with E-state index in [0.717, 1.165) is 99.9 Å². The van der Waals surface area contributed by atoms with E-state index in [9.17, 15) is 0 Å². The van der Waals surface area contributed by atoms with Crippen LogP contribution in [0, 0.1) is 0 Å². The van der Waals surface area contributed by atoms with Crippen LogP contribution in [0.5, 0.6) is 11.5 Å². The van der Waals surface area contributed by atoms with Gasteiger partial charge < -0.3 is 14.1 Å². The van der Waals surface area contributed by atoms with Crippen molar-refractivity contribution in [2.24, 2.45) is 0 Å². The molecule has 1 aromatic heterocycles. The van der Waals surface area contributed by atoms with Crippen LogP contribution in [0.4, 0.5) is 17.1 Å². The summed E-state index contributed by atoms with van der Waals surface area (Å²) in [7, 11) is 0. The first kappa shape index (κ1) is 36.8. The number of rotatable bonds is 5. The third kappa shape index (κ3) is 5.14. The fraction of sp³-hybridized carbons (Fsp3) is 0.0159. The molecule has 0 saturated heterocycles. The van der Waals surface area contributed by atoms with Gasteiger partial charge in [-0.25, -0.2) is 0 Å². The molecule has 2 aliphatic rings. The van der Waals surface area contributed by atoms with Crippen molar-refractivity contribution in [2.75, 3.05) is 4.90 Å². The average molecular weight is 842 g/mol. The molecule has 1 spiro atoms. The first-order chi connectivity index (χ1) is 32.8. The highest BCUT2D eigenvalue weighted by Gasteiger charge is 2.52. The molecule has 0 saturated carbocycles. The van der Waals surface area contributed by atoms with Crippen molar-refractivity contribution in [3.05, 3.63) is 259 Å². The number of hydrogen-bond acceptors (Lipinski definition) is 3. The van der Waals surface area contributed by atoms with Gasteiger partial charge in [-0.3, -0.25) is 0 Å². The van der Waals surface area contributed by atoms with E-state index >= 15 is 0 Å². The van der Waals surface area contributed by atoms with Crippen molar-refractivity contribution in [1.82, 2.24) is 0 Å². The van der Waals surface area contributed by atoms with Crippen molar-refractivity contribution >= 4 is 60.5 Å². The van der Waals surface area contributed by atoms with Gasteiger partial charge in [0.05, 0.1) is 22.2 Å². The lowest BCUT2D eigenvalue weighted by Crippen LogP contribution is -2.32. The van der Waals surface area contributed by atoms with Gasteiger partial charge in [-0.2, -0.15) is 0 Å². The van der Waals surface area contributed by atoms with Crippen LogP contribution in [0.15, 0.2) is 241 Å². The monoisotopic (exact) mass is 841 g/mol. The first-order valence-corrected chi connectivity index (χ1v) is 22.7. The molecule has 1 aliphatic carbocycles. The molecule has 66 heavy (non-hydrogen) atoms. The molecular formula is C63H39NO2. The van der Waals surface area contributed by atoms with Crippen molar-refractivity contribution in [3.63, 3.8) is 0 Å². The summed E-state index contributed by atoms with van der Waals surface area (Å²) in [6, 6.07) is 85.4. The van der Waals surface area contributed by atoms with E-state index in [0.29, 0.717) is 0 Å². The lowest BCUT2D eigenvalue weighted by atomic mass is 9.65. The van der Waals surface area contributed by atoms with Crippen LogP contribution < -0.4 is 9.64 Å². The summed E-state index contributed by atoms with van der Waals surface area (Å²) in [6.07, 6.45) is 0. The van der Waals surface area contributed by atoms with Crippen LogP contribution in [-0.4, -0.2) is 0 Å². The first-order valence-electron chi connectivity index (χ1n) is 22.7. The molecule has 11 aromatic carbocycles. The van der Waals surface area contributed by atoms with Gasteiger partial charge in [0.25, 0.3) is 0 Å². The Kier molecular flexibility index (Phi) is 7.90. The molecule has 0 bridgehead atoms. The standard InChI is InChI=1S/C63H39NO2/c1-3-17-40(18-4-1)45-23-12-14-30-55(45)64(44-21-5-2-6-22-44)56-31-16-32-57-60(56)50-36-33-43(39-58(50)65-57)46-27-15-29-52-59(46)49-26-11-13-28-51(49)63(52)53-37-34-41-19-7-9-24-47(41)61(53)66-62-48-25-10-8-20-42(48)35-38-54(62)63/h1-39H. The molecule has 3 nitrogen and oxygen atoms in total.